The predicted octanol–water partition coefficient (Wildman–Crippen LogP) is 9.88. The maximum Gasteiger partial charge on any atom is 0.306 e. The number of rotatable bonds is 33. The fraction of sp³-hybridized carbons (Fsp3) is 0.811. The van der Waals surface area contributed by atoms with Crippen LogP contribution in [0.4, 0.5) is 0 Å². The predicted molar refractivity (Wildman–Crippen MR) is 182 cm³/mol. The fourth-order valence-electron chi connectivity index (χ4n) is 5.28. The van der Waals surface area contributed by atoms with E-state index in [1.807, 2.05) is 14.1 Å². The lowest BCUT2D eigenvalue weighted by Crippen LogP contribution is -2.20. The van der Waals surface area contributed by atoms with Crippen molar-refractivity contribution in [3.63, 3.8) is 0 Å². The number of esters is 1. The van der Waals surface area contributed by atoms with Gasteiger partial charge in [-0.25, -0.2) is 0 Å². The first-order valence-electron chi connectivity index (χ1n) is 17.9. The van der Waals surface area contributed by atoms with Crippen LogP contribution in [0, 0.1) is 0 Å². The molecule has 0 saturated heterocycles. The monoisotopic (exact) mass is 621 g/mol. The molecule has 0 fully saturated rings. The number of carboxylic acids is 2. The van der Waals surface area contributed by atoms with Crippen LogP contribution in [0.1, 0.15) is 167 Å². The molecule has 0 atom stereocenters. The highest BCUT2D eigenvalue weighted by molar-refractivity contribution is 5.69. The molecular weight excluding hydrogens is 554 g/mol. The SMILES string of the molecule is CN(C)CCCC(=O)OC(CCCCCCCCC=CCCCCC(=O)O)CCCCCCCCC=CCCCCC(=O)O. The Morgan fingerprint density at radius 3 is 1.27 bits per heavy atom. The van der Waals surface area contributed by atoms with Crippen molar-refractivity contribution in [2.75, 3.05) is 20.6 Å². The second-order valence-electron chi connectivity index (χ2n) is 12.6. The second-order valence-corrected chi connectivity index (χ2v) is 12.6. The van der Waals surface area contributed by atoms with Gasteiger partial charge in [-0.15, -0.1) is 0 Å². The summed E-state index contributed by atoms with van der Waals surface area (Å²) < 4.78 is 5.94. The topological polar surface area (TPSA) is 104 Å². The molecule has 0 aliphatic carbocycles. The van der Waals surface area contributed by atoms with E-state index in [-0.39, 0.29) is 24.9 Å². The minimum atomic E-state index is -0.704. The molecule has 7 heteroatoms. The van der Waals surface area contributed by atoms with Crippen LogP contribution in [0.5, 0.6) is 0 Å². The third-order valence-corrected chi connectivity index (χ3v) is 7.93. The van der Waals surface area contributed by atoms with Crippen molar-refractivity contribution in [1.29, 1.82) is 0 Å². The van der Waals surface area contributed by atoms with Crippen molar-refractivity contribution in [2.45, 2.75) is 173 Å². The summed E-state index contributed by atoms with van der Waals surface area (Å²) in [5.74, 6) is -1.45. The first-order valence-corrected chi connectivity index (χ1v) is 17.9. The number of carbonyl (C=O) groups is 3. The van der Waals surface area contributed by atoms with Crippen molar-refractivity contribution >= 4 is 17.9 Å². The minimum absolute atomic E-state index is 0.0401. The van der Waals surface area contributed by atoms with Gasteiger partial charge in [0.2, 0.25) is 0 Å². The lowest BCUT2D eigenvalue weighted by atomic mass is 10.0. The summed E-state index contributed by atoms with van der Waals surface area (Å²) in [6.07, 6.45) is 35.0. The van der Waals surface area contributed by atoms with E-state index >= 15 is 0 Å². The maximum absolute atomic E-state index is 12.5. The van der Waals surface area contributed by atoms with Gasteiger partial charge >= 0.3 is 17.9 Å². The van der Waals surface area contributed by atoms with Crippen LogP contribution in [-0.2, 0) is 19.1 Å². The number of unbranched alkanes of at least 4 members (excludes halogenated alkanes) is 16. The van der Waals surface area contributed by atoms with Crippen LogP contribution in [0.3, 0.4) is 0 Å². The summed E-state index contributed by atoms with van der Waals surface area (Å²) in [7, 11) is 4.06. The van der Waals surface area contributed by atoms with Gasteiger partial charge in [0, 0.05) is 19.3 Å². The average Bonchev–Trinajstić information content (AvgIpc) is 2.96. The molecule has 0 saturated carbocycles. The number of nitrogens with zero attached hydrogens (tertiary/aromatic N) is 1. The smallest absolute Gasteiger partial charge is 0.306 e. The molecule has 0 heterocycles. The Morgan fingerprint density at radius 1 is 0.523 bits per heavy atom. The molecule has 0 aromatic rings. The highest BCUT2D eigenvalue weighted by Gasteiger charge is 2.14. The number of hydrogen-bond acceptors (Lipinski definition) is 5. The number of carboxylic acid groups (broad SMARTS) is 2. The molecule has 44 heavy (non-hydrogen) atoms. The molecule has 0 unspecified atom stereocenters. The van der Waals surface area contributed by atoms with E-state index in [0.29, 0.717) is 6.42 Å². The Labute approximate surface area is 269 Å². The average molecular weight is 622 g/mol. The molecule has 256 valence electrons. The van der Waals surface area contributed by atoms with Crippen molar-refractivity contribution in [1.82, 2.24) is 4.90 Å². The van der Waals surface area contributed by atoms with Gasteiger partial charge in [0.1, 0.15) is 6.10 Å². The third kappa shape index (κ3) is 34.3. The van der Waals surface area contributed by atoms with Crippen LogP contribution in [-0.4, -0.2) is 59.8 Å². The van der Waals surface area contributed by atoms with E-state index in [4.69, 9.17) is 14.9 Å². The third-order valence-electron chi connectivity index (χ3n) is 7.93. The van der Waals surface area contributed by atoms with Crippen LogP contribution >= 0.6 is 0 Å². The van der Waals surface area contributed by atoms with Crippen molar-refractivity contribution < 1.29 is 29.3 Å². The highest BCUT2D eigenvalue weighted by atomic mass is 16.5. The number of allylic oxidation sites excluding steroid dienone is 4. The van der Waals surface area contributed by atoms with Crippen molar-refractivity contribution in [3.8, 4) is 0 Å². The Kier molecular flexibility index (Phi) is 30.7. The molecule has 0 rings (SSSR count). The highest BCUT2D eigenvalue weighted by Crippen LogP contribution is 2.18. The number of ether oxygens (including phenoxy) is 1. The Balaban J connectivity index is 4.00. The van der Waals surface area contributed by atoms with Gasteiger partial charge < -0.3 is 19.8 Å². The van der Waals surface area contributed by atoms with Crippen molar-refractivity contribution in [3.05, 3.63) is 24.3 Å². The summed E-state index contributed by atoms with van der Waals surface area (Å²) in [6.45, 7) is 0.908. The van der Waals surface area contributed by atoms with Crippen LogP contribution < -0.4 is 0 Å². The van der Waals surface area contributed by atoms with E-state index in [1.54, 1.807) is 0 Å². The molecule has 0 radical (unpaired) electrons. The van der Waals surface area contributed by atoms with E-state index in [9.17, 15) is 14.4 Å². The Hall–Kier alpha value is -2.15. The van der Waals surface area contributed by atoms with Gasteiger partial charge in [0.15, 0.2) is 0 Å². The van der Waals surface area contributed by atoms with Crippen LogP contribution in [0.15, 0.2) is 24.3 Å². The van der Waals surface area contributed by atoms with Crippen LogP contribution in [0.25, 0.3) is 0 Å². The van der Waals surface area contributed by atoms with Crippen molar-refractivity contribution in [2.24, 2.45) is 0 Å². The summed E-state index contributed by atoms with van der Waals surface area (Å²) in [5.41, 5.74) is 0. The van der Waals surface area contributed by atoms with E-state index < -0.39 is 11.9 Å². The van der Waals surface area contributed by atoms with Gasteiger partial charge in [0.25, 0.3) is 0 Å². The summed E-state index contributed by atoms with van der Waals surface area (Å²) in [6, 6.07) is 0. The van der Waals surface area contributed by atoms with Crippen LogP contribution in [0.2, 0.25) is 0 Å². The summed E-state index contributed by atoms with van der Waals surface area (Å²) >= 11 is 0. The van der Waals surface area contributed by atoms with Gasteiger partial charge in [-0.3, -0.25) is 14.4 Å². The summed E-state index contributed by atoms with van der Waals surface area (Å²) in [5, 5.41) is 17.3. The van der Waals surface area contributed by atoms with E-state index in [2.05, 4.69) is 29.2 Å². The zero-order valence-electron chi connectivity index (χ0n) is 28.5. The number of hydrogen-bond donors (Lipinski definition) is 2. The molecular formula is C37H67NO6. The van der Waals surface area contributed by atoms with Gasteiger partial charge in [-0.05, 0) is 117 Å². The quantitative estimate of drug-likeness (QED) is 0.0427. The zero-order valence-corrected chi connectivity index (χ0v) is 28.5. The van der Waals surface area contributed by atoms with Gasteiger partial charge in [-0.2, -0.15) is 0 Å². The Morgan fingerprint density at radius 2 is 0.886 bits per heavy atom. The number of carbonyl (C=O) groups excluding carboxylic acids is 1. The first kappa shape index (κ1) is 41.9. The summed E-state index contributed by atoms with van der Waals surface area (Å²) in [4.78, 5) is 35.6. The molecule has 2 N–H and O–H groups in total. The molecule has 0 aliphatic rings. The fourth-order valence-corrected chi connectivity index (χ4v) is 5.28. The van der Waals surface area contributed by atoms with Gasteiger partial charge in [0.05, 0.1) is 0 Å². The molecule has 0 amide bonds. The molecule has 7 nitrogen and oxygen atoms in total. The normalized spacial score (nSPS) is 12.4. The number of aliphatic carboxylic acids is 2. The van der Waals surface area contributed by atoms with E-state index in [0.717, 1.165) is 90.0 Å². The first-order chi connectivity index (χ1) is 21.3. The lowest BCUT2D eigenvalue weighted by molar-refractivity contribution is -0.150. The van der Waals surface area contributed by atoms with E-state index in [1.165, 1.54) is 64.2 Å². The molecule has 0 aliphatic heterocycles. The largest absolute Gasteiger partial charge is 0.481 e. The minimum Gasteiger partial charge on any atom is -0.481 e. The van der Waals surface area contributed by atoms with Gasteiger partial charge in [-0.1, -0.05) is 75.7 Å². The second kappa shape index (κ2) is 32.2. The molecule has 0 aromatic heterocycles. The molecule has 0 aromatic carbocycles. The standard InChI is InChI=1S/C37H67NO6/c1-38(2)33-27-32-37(43)44-34(28-23-19-15-11-7-3-5-9-13-17-21-25-30-35(39)40)29-24-20-16-12-8-4-6-10-14-18-22-26-31-36(41)42/h9-10,13-14,34H,3-8,11-12,15-33H2,1-2H3,(H,39,40)(H,41,42). The zero-order chi connectivity index (χ0) is 32.5. The Bertz CT molecular complexity index is 700. The molecule has 0 bridgehead atoms. The molecule has 0 spiro atoms. The maximum atomic E-state index is 12.5. The lowest BCUT2D eigenvalue weighted by Gasteiger charge is -2.18.